The van der Waals surface area contributed by atoms with Crippen molar-refractivity contribution in [3.63, 3.8) is 0 Å². The fourth-order valence-corrected chi connectivity index (χ4v) is 4.90. The van der Waals surface area contributed by atoms with Crippen LogP contribution in [0.1, 0.15) is 34.7 Å². The number of thioether (sulfide) groups is 1. The Bertz CT molecular complexity index is 886. The summed E-state index contributed by atoms with van der Waals surface area (Å²) in [6.45, 7) is 7.30. The van der Waals surface area contributed by atoms with Crippen molar-refractivity contribution in [3.05, 3.63) is 47.3 Å². The van der Waals surface area contributed by atoms with Gasteiger partial charge in [0.1, 0.15) is 0 Å². The number of carbonyl (C=O) groups is 2. The number of rotatable bonds is 6. The molecule has 1 aromatic carbocycles. The normalized spacial score (nSPS) is 17.5. The van der Waals surface area contributed by atoms with Crippen molar-refractivity contribution in [2.75, 3.05) is 45.0 Å². The van der Waals surface area contributed by atoms with Crippen LogP contribution in [-0.2, 0) is 11.3 Å². The standard InChI is InChI=1S/C22H28N4O3S/c1-17-14-18(29-23-17)15-24-10-12-26(13-11-24)22(28)19-6-2-3-7-20(19)30-16-21(27)25-8-4-5-9-25/h2-3,6-7,14H,4-5,8-13,15-16H2,1H3. The molecule has 30 heavy (non-hydrogen) atoms. The zero-order chi connectivity index (χ0) is 20.9. The van der Waals surface area contributed by atoms with Crippen molar-refractivity contribution in [2.45, 2.75) is 31.2 Å². The van der Waals surface area contributed by atoms with E-state index in [0.717, 1.165) is 55.4 Å². The molecule has 4 rings (SSSR count). The van der Waals surface area contributed by atoms with Gasteiger partial charge in [0.25, 0.3) is 5.91 Å². The van der Waals surface area contributed by atoms with Gasteiger partial charge >= 0.3 is 0 Å². The number of benzene rings is 1. The minimum atomic E-state index is 0.0434. The molecule has 2 aromatic rings. The van der Waals surface area contributed by atoms with Gasteiger partial charge in [0.15, 0.2) is 5.76 Å². The average Bonchev–Trinajstić information content (AvgIpc) is 3.44. The summed E-state index contributed by atoms with van der Waals surface area (Å²) >= 11 is 1.47. The van der Waals surface area contributed by atoms with Crippen molar-refractivity contribution in [1.29, 1.82) is 0 Å². The average molecular weight is 429 g/mol. The second-order valence-corrected chi connectivity index (χ2v) is 8.89. The molecule has 2 aliphatic rings. The maximum Gasteiger partial charge on any atom is 0.255 e. The van der Waals surface area contributed by atoms with Gasteiger partial charge in [-0.1, -0.05) is 17.3 Å². The Labute approximate surface area is 181 Å². The highest BCUT2D eigenvalue weighted by Crippen LogP contribution is 2.25. The van der Waals surface area contributed by atoms with Crippen LogP contribution in [0.25, 0.3) is 0 Å². The number of carbonyl (C=O) groups excluding carboxylic acids is 2. The lowest BCUT2D eigenvalue weighted by Gasteiger charge is -2.34. The first kappa shape index (κ1) is 20.9. The Morgan fingerprint density at radius 3 is 2.47 bits per heavy atom. The highest BCUT2D eigenvalue weighted by atomic mass is 32.2. The molecule has 0 spiro atoms. The smallest absolute Gasteiger partial charge is 0.255 e. The van der Waals surface area contributed by atoms with E-state index in [1.807, 2.05) is 47.1 Å². The number of hydrogen-bond donors (Lipinski definition) is 0. The Kier molecular flexibility index (Phi) is 6.74. The van der Waals surface area contributed by atoms with Gasteiger partial charge in [0, 0.05) is 50.2 Å². The highest BCUT2D eigenvalue weighted by molar-refractivity contribution is 8.00. The minimum absolute atomic E-state index is 0.0434. The van der Waals surface area contributed by atoms with E-state index in [2.05, 4.69) is 10.1 Å². The summed E-state index contributed by atoms with van der Waals surface area (Å²) in [5.74, 6) is 1.45. The Hall–Kier alpha value is -2.32. The number of aromatic nitrogens is 1. The summed E-state index contributed by atoms with van der Waals surface area (Å²) in [6.07, 6.45) is 2.18. The zero-order valence-electron chi connectivity index (χ0n) is 17.4. The molecular formula is C22H28N4O3S. The van der Waals surface area contributed by atoms with Crippen LogP contribution in [0.3, 0.4) is 0 Å². The molecule has 2 amide bonds. The van der Waals surface area contributed by atoms with Crippen LogP contribution in [-0.4, -0.2) is 76.7 Å². The van der Waals surface area contributed by atoms with Crippen molar-refractivity contribution < 1.29 is 14.1 Å². The third-order valence-electron chi connectivity index (χ3n) is 5.64. The summed E-state index contributed by atoms with van der Waals surface area (Å²) in [4.78, 5) is 32.5. The maximum atomic E-state index is 13.2. The third-order valence-corrected chi connectivity index (χ3v) is 6.70. The first-order valence-electron chi connectivity index (χ1n) is 10.5. The van der Waals surface area contributed by atoms with Gasteiger partial charge in [-0.15, -0.1) is 11.8 Å². The second-order valence-electron chi connectivity index (χ2n) is 7.88. The van der Waals surface area contributed by atoms with E-state index in [9.17, 15) is 9.59 Å². The number of nitrogens with zero attached hydrogens (tertiary/aromatic N) is 4. The van der Waals surface area contributed by atoms with Crippen LogP contribution in [0.15, 0.2) is 39.8 Å². The molecule has 7 nitrogen and oxygen atoms in total. The van der Waals surface area contributed by atoms with E-state index in [-0.39, 0.29) is 11.8 Å². The molecule has 0 aliphatic carbocycles. The number of aryl methyl sites for hydroxylation is 1. The lowest BCUT2D eigenvalue weighted by atomic mass is 10.1. The summed E-state index contributed by atoms with van der Waals surface area (Å²) in [5, 5.41) is 3.93. The summed E-state index contributed by atoms with van der Waals surface area (Å²) in [6, 6.07) is 9.58. The van der Waals surface area contributed by atoms with Crippen molar-refractivity contribution in [1.82, 2.24) is 19.9 Å². The number of piperazine rings is 1. The first-order chi connectivity index (χ1) is 14.6. The fraction of sp³-hybridized carbons (Fsp3) is 0.500. The van der Waals surface area contributed by atoms with E-state index < -0.39 is 0 Å². The number of hydrogen-bond acceptors (Lipinski definition) is 6. The molecule has 3 heterocycles. The molecular weight excluding hydrogens is 400 g/mol. The first-order valence-corrected chi connectivity index (χ1v) is 11.5. The van der Waals surface area contributed by atoms with Crippen LogP contribution in [0.5, 0.6) is 0 Å². The van der Waals surface area contributed by atoms with Crippen LogP contribution >= 0.6 is 11.8 Å². The fourth-order valence-electron chi connectivity index (χ4n) is 3.96. The number of amides is 2. The van der Waals surface area contributed by atoms with E-state index >= 15 is 0 Å². The van der Waals surface area contributed by atoms with Gasteiger partial charge < -0.3 is 14.3 Å². The third kappa shape index (κ3) is 5.05. The molecule has 0 atom stereocenters. The van der Waals surface area contributed by atoms with Gasteiger partial charge in [-0.3, -0.25) is 14.5 Å². The van der Waals surface area contributed by atoms with Gasteiger partial charge in [0.2, 0.25) is 5.91 Å². The second kappa shape index (κ2) is 9.66. The molecule has 160 valence electrons. The van der Waals surface area contributed by atoms with Gasteiger partial charge in [-0.2, -0.15) is 0 Å². The van der Waals surface area contributed by atoms with E-state index in [0.29, 0.717) is 31.0 Å². The maximum absolute atomic E-state index is 13.2. The lowest BCUT2D eigenvalue weighted by Crippen LogP contribution is -2.48. The van der Waals surface area contributed by atoms with Gasteiger partial charge in [-0.05, 0) is 31.9 Å². The molecule has 0 bridgehead atoms. The molecule has 0 radical (unpaired) electrons. The predicted octanol–water partition coefficient (Wildman–Crippen LogP) is 2.66. The summed E-state index contributed by atoms with van der Waals surface area (Å²) in [7, 11) is 0. The zero-order valence-corrected chi connectivity index (χ0v) is 18.2. The molecule has 0 N–H and O–H groups in total. The molecule has 2 fully saturated rings. The van der Waals surface area contributed by atoms with Crippen LogP contribution in [0.2, 0.25) is 0 Å². The molecule has 2 aliphatic heterocycles. The van der Waals surface area contributed by atoms with Crippen LogP contribution in [0.4, 0.5) is 0 Å². The van der Waals surface area contributed by atoms with Crippen molar-refractivity contribution in [2.24, 2.45) is 0 Å². The molecule has 1 aromatic heterocycles. The number of likely N-dealkylation sites (tertiary alicyclic amines) is 1. The van der Waals surface area contributed by atoms with E-state index in [4.69, 9.17) is 4.52 Å². The summed E-state index contributed by atoms with van der Waals surface area (Å²) < 4.78 is 5.30. The monoisotopic (exact) mass is 428 g/mol. The molecule has 0 saturated carbocycles. The molecule has 2 saturated heterocycles. The van der Waals surface area contributed by atoms with Crippen LogP contribution in [0, 0.1) is 6.92 Å². The minimum Gasteiger partial charge on any atom is -0.360 e. The van der Waals surface area contributed by atoms with Gasteiger partial charge in [-0.25, -0.2) is 0 Å². The lowest BCUT2D eigenvalue weighted by molar-refractivity contribution is -0.127. The van der Waals surface area contributed by atoms with E-state index in [1.54, 1.807) is 0 Å². The molecule has 0 unspecified atom stereocenters. The topological polar surface area (TPSA) is 69.9 Å². The van der Waals surface area contributed by atoms with Gasteiger partial charge in [0.05, 0.1) is 23.6 Å². The van der Waals surface area contributed by atoms with Crippen LogP contribution < -0.4 is 0 Å². The Balaban J connectivity index is 1.32. The largest absolute Gasteiger partial charge is 0.360 e. The van der Waals surface area contributed by atoms with E-state index in [1.165, 1.54) is 11.8 Å². The quantitative estimate of drug-likeness (QED) is 0.659. The summed E-state index contributed by atoms with van der Waals surface area (Å²) in [5.41, 5.74) is 1.58. The van der Waals surface area contributed by atoms with Crippen molar-refractivity contribution >= 4 is 23.6 Å². The SMILES string of the molecule is Cc1cc(CN2CCN(C(=O)c3ccccc3SCC(=O)N3CCCC3)CC2)on1. The Morgan fingerprint density at radius 2 is 1.77 bits per heavy atom. The predicted molar refractivity (Wildman–Crippen MR) is 115 cm³/mol. The Morgan fingerprint density at radius 1 is 1.03 bits per heavy atom. The van der Waals surface area contributed by atoms with Crippen molar-refractivity contribution in [3.8, 4) is 0 Å². The highest BCUT2D eigenvalue weighted by Gasteiger charge is 2.25. The molecule has 8 heteroatoms.